The van der Waals surface area contributed by atoms with Crippen LogP contribution in [0, 0.1) is 0 Å². The molecule has 0 bridgehead atoms. The number of anilines is 1. The lowest BCUT2D eigenvalue weighted by Crippen LogP contribution is -2.32. The molecule has 0 aliphatic heterocycles. The SMILES string of the molecule is CCn1ncc(N)c1C(=O)N(C)C(C)c1ccccc1. The highest BCUT2D eigenvalue weighted by molar-refractivity contribution is 5.97. The van der Waals surface area contributed by atoms with E-state index in [2.05, 4.69) is 5.10 Å². The van der Waals surface area contributed by atoms with Crippen LogP contribution in [0.4, 0.5) is 5.69 Å². The number of nitrogens with two attached hydrogens (primary N) is 1. The monoisotopic (exact) mass is 272 g/mol. The molecule has 1 unspecified atom stereocenters. The van der Waals surface area contributed by atoms with Gasteiger partial charge in [0.1, 0.15) is 5.69 Å². The fraction of sp³-hybridized carbons (Fsp3) is 0.333. The number of benzene rings is 1. The molecule has 0 aliphatic carbocycles. The van der Waals surface area contributed by atoms with Gasteiger partial charge in [0.05, 0.1) is 17.9 Å². The molecule has 1 atom stereocenters. The van der Waals surface area contributed by atoms with E-state index < -0.39 is 0 Å². The Morgan fingerprint density at radius 1 is 1.40 bits per heavy atom. The molecule has 5 heteroatoms. The number of amides is 1. The highest BCUT2D eigenvalue weighted by Crippen LogP contribution is 2.22. The van der Waals surface area contributed by atoms with E-state index >= 15 is 0 Å². The minimum atomic E-state index is -0.113. The van der Waals surface area contributed by atoms with E-state index in [1.165, 1.54) is 6.20 Å². The fourth-order valence-corrected chi connectivity index (χ4v) is 2.17. The standard InChI is InChI=1S/C15H20N4O/c1-4-19-14(13(16)10-17-19)15(20)18(3)11(2)12-8-6-5-7-9-12/h5-11H,4,16H2,1-3H3. The first kappa shape index (κ1) is 14.1. The molecule has 0 radical (unpaired) electrons. The zero-order valence-electron chi connectivity index (χ0n) is 12.1. The molecule has 5 nitrogen and oxygen atoms in total. The number of hydrogen-bond acceptors (Lipinski definition) is 3. The van der Waals surface area contributed by atoms with Crippen LogP contribution >= 0.6 is 0 Å². The molecule has 20 heavy (non-hydrogen) atoms. The summed E-state index contributed by atoms with van der Waals surface area (Å²) in [6.07, 6.45) is 1.53. The zero-order valence-corrected chi connectivity index (χ0v) is 12.1. The van der Waals surface area contributed by atoms with Crippen LogP contribution in [-0.4, -0.2) is 27.6 Å². The second kappa shape index (κ2) is 5.77. The van der Waals surface area contributed by atoms with Crippen LogP contribution < -0.4 is 5.73 Å². The molecule has 2 aromatic rings. The van der Waals surface area contributed by atoms with Gasteiger partial charge in [-0.25, -0.2) is 0 Å². The summed E-state index contributed by atoms with van der Waals surface area (Å²) in [7, 11) is 1.78. The van der Waals surface area contributed by atoms with Crippen molar-refractivity contribution in [3.63, 3.8) is 0 Å². The summed E-state index contributed by atoms with van der Waals surface area (Å²) >= 11 is 0. The van der Waals surface area contributed by atoms with Crippen molar-refractivity contribution in [2.24, 2.45) is 0 Å². The normalized spacial score (nSPS) is 12.2. The molecule has 1 amide bonds. The molecule has 0 saturated heterocycles. The third-order valence-corrected chi connectivity index (χ3v) is 3.55. The van der Waals surface area contributed by atoms with Crippen LogP contribution in [0.3, 0.4) is 0 Å². The van der Waals surface area contributed by atoms with Gasteiger partial charge in [0.2, 0.25) is 0 Å². The van der Waals surface area contributed by atoms with Gasteiger partial charge < -0.3 is 10.6 Å². The molecule has 1 aromatic heterocycles. The van der Waals surface area contributed by atoms with Crippen molar-refractivity contribution in [3.8, 4) is 0 Å². The Balaban J connectivity index is 2.27. The van der Waals surface area contributed by atoms with Gasteiger partial charge >= 0.3 is 0 Å². The van der Waals surface area contributed by atoms with Crippen molar-refractivity contribution in [2.75, 3.05) is 12.8 Å². The molecule has 0 saturated carbocycles. The van der Waals surface area contributed by atoms with E-state index in [1.807, 2.05) is 44.2 Å². The van der Waals surface area contributed by atoms with E-state index in [0.717, 1.165) is 5.56 Å². The van der Waals surface area contributed by atoms with Gasteiger partial charge in [0.15, 0.2) is 0 Å². The first-order valence-corrected chi connectivity index (χ1v) is 6.69. The highest BCUT2D eigenvalue weighted by Gasteiger charge is 2.24. The number of aryl methyl sites for hydroxylation is 1. The predicted molar refractivity (Wildman–Crippen MR) is 79.3 cm³/mol. The number of hydrogen-bond donors (Lipinski definition) is 1. The Morgan fingerprint density at radius 3 is 2.65 bits per heavy atom. The van der Waals surface area contributed by atoms with Crippen molar-refractivity contribution < 1.29 is 4.79 Å². The van der Waals surface area contributed by atoms with Crippen LogP contribution in [0.5, 0.6) is 0 Å². The number of carbonyl (C=O) groups is 1. The van der Waals surface area contributed by atoms with Crippen molar-refractivity contribution >= 4 is 11.6 Å². The average molecular weight is 272 g/mol. The van der Waals surface area contributed by atoms with Crippen LogP contribution in [0.1, 0.15) is 35.9 Å². The minimum Gasteiger partial charge on any atom is -0.396 e. The molecular formula is C15H20N4O. The molecule has 2 N–H and O–H groups in total. The summed E-state index contributed by atoms with van der Waals surface area (Å²) in [4.78, 5) is 14.3. The third-order valence-electron chi connectivity index (χ3n) is 3.55. The Labute approximate surface area is 119 Å². The van der Waals surface area contributed by atoms with E-state index in [0.29, 0.717) is 17.9 Å². The lowest BCUT2D eigenvalue weighted by atomic mass is 10.1. The Morgan fingerprint density at radius 2 is 2.05 bits per heavy atom. The first-order valence-electron chi connectivity index (χ1n) is 6.69. The van der Waals surface area contributed by atoms with Gasteiger partial charge in [-0.3, -0.25) is 9.48 Å². The Bertz CT molecular complexity index is 591. The van der Waals surface area contributed by atoms with Gasteiger partial charge in [-0.1, -0.05) is 30.3 Å². The zero-order chi connectivity index (χ0) is 14.7. The van der Waals surface area contributed by atoms with E-state index in [9.17, 15) is 4.79 Å². The van der Waals surface area contributed by atoms with Crippen LogP contribution in [0.25, 0.3) is 0 Å². The van der Waals surface area contributed by atoms with Crippen LogP contribution in [0.2, 0.25) is 0 Å². The van der Waals surface area contributed by atoms with E-state index in [4.69, 9.17) is 5.73 Å². The van der Waals surface area contributed by atoms with Crippen molar-refractivity contribution in [3.05, 3.63) is 47.8 Å². The predicted octanol–water partition coefficient (Wildman–Crippen LogP) is 2.32. The first-order chi connectivity index (χ1) is 9.56. The molecule has 106 valence electrons. The maximum absolute atomic E-state index is 12.6. The third kappa shape index (κ3) is 2.52. The van der Waals surface area contributed by atoms with Crippen molar-refractivity contribution in [1.82, 2.24) is 14.7 Å². The van der Waals surface area contributed by atoms with Crippen LogP contribution in [0.15, 0.2) is 36.5 Å². The van der Waals surface area contributed by atoms with Gasteiger partial charge in [0, 0.05) is 13.6 Å². The van der Waals surface area contributed by atoms with Crippen molar-refractivity contribution in [2.45, 2.75) is 26.4 Å². The molecule has 1 aromatic carbocycles. The average Bonchev–Trinajstić information content (AvgIpc) is 2.86. The highest BCUT2D eigenvalue weighted by atomic mass is 16.2. The molecule has 0 spiro atoms. The molecule has 0 fully saturated rings. The summed E-state index contributed by atoms with van der Waals surface area (Å²) in [6.45, 7) is 4.55. The second-order valence-electron chi connectivity index (χ2n) is 4.77. The molecule has 2 rings (SSSR count). The lowest BCUT2D eigenvalue weighted by Gasteiger charge is -2.25. The maximum atomic E-state index is 12.6. The van der Waals surface area contributed by atoms with Crippen LogP contribution in [-0.2, 0) is 6.54 Å². The number of rotatable bonds is 4. The quantitative estimate of drug-likeness (QED) is 0.929. The molecule has 1 heterocycles. The van der Waals surface area contributed by atoms with E-state index in [1.54, 1.807) is 16.6 Å². The lowest BCUT2D eigenvalue weighted by molar-refractivity contribution is 0.0731. The van der Waals surface area contributed by atoms with Gasteiger partial charge in [-0.05, 0) is 19.4 Å². The number of aromatic nitrogens is 2. The number of carbonyl (C=O) groups excluding carboxylic acids is 1. The minimum absolute atomic E-state index is 0.0247. The summed E-state index contributed by atoms with van der Waals surface area (Å²) in [5.41, 5.74) is 7.83. The number of nitrogens with zero attached hydrogens (tertiary/aromatic N) is 3. The second-order valence-corrected chi connectivity index (χ2v) is 4.77. The largest absolute Gasteiger partial charge is 0.396 e. The Kier molecular flexibility index (Phi) is 4.08. The maximum Gasteiger partial charge on any atom is 0.274 e. The Hall–Kier alpha value is -2.30. The summed E-state index contributed by atoms with van der Waals surface area (Å²) in [6, 6.07) is 9.89. The number of nitrogen functional groups attached to an aromatic ring is 1. The van der Waals surface area contributed by atoms with E-state index in [-0.39, 0.29) is 11.9 Å². The van der Waals surface area contributed by atoms with Gasteiger partial charge in [-0.2, -0.15) is 5.10 Å². The summed E-state index contributed by atoms with van der Waals surface area (Å²) in [5, 5.41) is 4.11. The topological polar surface area (TPSA) is 64.2 Å². The van der Waals surface area contributed by atoms with Gasteiger partial charge in [-0.15, -0.1) is 0 Å². The van der Waals surface area contributed by atoms with Gasteiger partial charge in [0.25, 0.3) is 5.91 Å². The molecule has 0 aliphatic rings. The van der Waals surface area contributed by atoms with Crippen molar-refractivity contribution in [1.29, 1.82) is 0 Å². The summed E-state index contributed by atoms with van der Waals surface area (Å²) < 4.78 is 1.63. The molecular weight excluding hydrogens is 252 g/mol. The summed E-state index contributed by atoms with van der Waals surface area (Å²) in [5.74, 6) is -0.113. The fourth-order valence-electron chi connectivity index (χ4n) is 2.17. The smallest absolute Gasteiger partial charge is 0.274 e.